The Kier molecular flexibility index (Phi) is 7.31. The first-order valence-corrected chi connectivity index (χ1v) is 10.0. The highest BCUT2D eigenvalue weighted by Crippen LogP contribution is 2.19. The largest absolute Gasteiger partial charge is 0.483 e. The summed E-state index contributed by atoms with van der Waals surface area (Å²) < 4.78 is 5.71. The lowest BCUT2D eigenvalue weighted by molar-refractivity contribution is -0.133. The van der Waals surface area contributed by atoms with Crippen molar-refractivity contribution in [2.24, 2.45) is 0 Å². The summed E-state index contributed by atoms with van der Waals surface area (Å²) in [6, 6.07) is 14.3. The highest BCUT2D eigenvalue weighted by molar-refractivity contribution is 6.31. The predicted molar refractivity (Wildman–Crippen MR) is 110 cm³/mol. The molecule has 1 aliphatic rings. The van der Waals surface area contributed by atoms with Crippen LogP contribution in [0, 0.1) is 0 Å². The van der Waals surface area contributed by atoms with E-state index in [0.717, 1.165) is 31.5 Å². The van der Waals surface area contributed by atoms with E-state index < -0.39 is 0 Å². The summed E-state index contributed by atoms with van der Waals surface area (Å²) in [5.41, 5.74) is 1.24. The van der Waals surface area contributed by atoms with Gasteiger partial charge in [0.15, 0.2) is 6.61 Å². The number of ether oxygens (including phenoxy) is 1. The Labute approximate surface area is 170 Å². The molecule has 5 nitrogen and oxygen atoms in total. The molecule has 1 aliphatic heterocycles. The lowest BCUT2D eigenvalue weighted by atomic mass is 10.1. The van der Waals surface area contributed by atoms with E-state index in [1.54, 1.807) is 30.3 Å². The molecule has 0 saturated carbocycles. The van der Waals surface area contributed by atoms with Gasteiger partial charge in [-0.1, -0.05) is 54.8 Å². The van der Waals surface area contributed by atoms with Crippen LogP contribution >= 0.6 is 11.6 Å². The van der Waals surface area contributed by atoms with Crippen molar-refractivity contribution in [2.45, 2.75) is 32.2 Å². The van der Waals surface area contributed by atoms with E-state index in [0.29, 0.717) is 22.9 Å². The molecular formula is C22H25ClN2O3. The number of nitrogens with one attached hydrogen (secondary N) is 1. The summed E-state index contributed by atoms with van der Waals surface area (Å²) in [6.07, 6.45) is 4.40. The number of hydrogen-bond acceptors (Lipinski definition) is 3. The fraction of sp³-hybridized carbons (Fsp3) is 0.364. The Balaban J connectivity index is 1.59. The highest BCUT2D eigenvalue weighted by atomic mass is 35.5. The topological polar surface area (TPSA) is 58.6 Å². The third-order valence-corrected chi connectivity index (χ3v) is 5.21. The molecule has 2 aromatic rings. The molecule has 0 radical (unpaired) electrons. The van der Waals surface area contributed by atoms with Crippen molar-refractivity contribution in [1.29, 1.82) is 0 Å². The van der Waals surface area contributed by atoms with E-state index in [1.807, 2.05) is 23.1 Å². The monoisotopic (exact) mass is 400 g/mol. The Morgan fingerprint density at radius 2 is 1.64 bits per heavy atom. The van der Waals surface area contributed by atoms with Gasteiger partial charge in [-0.15, -0.1) is 0 Å². The second-order valence-corrected chi connectivity index (χ2v) is 7.26. The SMILES string of the molecule is O=C(NCc1ccccc1Cl)c1ccccc1OCC(=O)N1CCCCCC1. The molecule has 148 valence electrons. The molecule has 2 amide bonds. The molecule has 1 saturated heterocycles. The average molecular weight is 401 g/mol. The summed E-state index contributed by atoms with van der Waals surface area (Å²) >= 11 is 6.14. The van der Waals surface area contributed by atoms with Crippen molar-refractivity contribution in [3.05, 3.63) is 64.7 Å². The molecule has 0 bridgehead atoms. The van der Waals surface area contributed by atoms with Crippen LogP contribution in [-0.2, 0) is 11.3 Å². The molecule has 2 aromatic carbocycles. The van der Waals surface area contributed by atoms with Gasteiger partial charge in [-0.05, 0) is 36.6 Å². The van der Waals surface area contributed by atoms with Crippen LogP contribution in [-0.4, -0.2) is 36.4 Å². The summed E-state index contributed by atoms with van der Waals surface area (Å²) in [5.74, 6) is 0.105. The van der Waals surface area contributed by atoms with E-state index in [4.69, 9.17) is 16.3 Å². The van der Waals surface area contributed by atoms with Gasteiger partial charge in [0, 0.05) is 24.7 Å². The number of nitrogens with zero attached hydrogens (tertiary/aromatic N) is 1. The van der Waals surface area contributed by atoms with Crippen molar-refractivity contribution < 1.29 is 14.3 Å². The molecule has 1 N–H and O–H groups in total. The number of carbonyl (C=O) groups is 2. The van der Waals surface area contributed by atoms with Crippen LogP contribution < -0.4 is 10.1 Å². The van der Waals surface area contributed by atoms with Crippen LogP contribution in [0.3, 0.4) is 0 Å². The number of benzene rings is 2. The zero-order chi connectivity index (χ0) is 19.8. The number of hydrogen-bond donors (Lipinski definition) is 1. The van der Waals surface area contributed by atoms with Crippen molar-refractivity contribution >= 4 is 23.4 Å². The summed E-state index contributed by atoms with van der Waals surface area (Å²) in [4.78, 5) is 26.9. The number of rotatable bonds is 6. The fourth-order valence-corrected chi connectivity index (χ4v) is 3.45. The Morgan fingerprint density at radius 1 is 0.964 bits per heavy atom. The third-order valence-electron chi connectivity index (χ3n) is 4.84. The van der Waals surface area contributed by atoms with E-state index >= 15 is 0 Å². The normalized spacial score (nSPS) is 14.2. The zero-order valence-corrected chi connectivity index (χ0v) is 16.6. The molecule has 0 aliphatic carbocycles. The van der Waals surface area contributed by atoms with Crippen molar-refractivity contribution in [3.8, 4) is 5.75 Å². The predicted octanol–water partition coefficient (Wildman–Crippen LogP) is 4.05. The second kappa shape index (κ2) is 10.1. The van der Waals surface area contributed by atoms with Gasteiger partial charge in [0.1, 0.15) is 5.75 Å². The van der Waals surface area contributed by atoms with Crippen LogP contribution in [0.1, 0.15) is 41.6 Å². The molecule has 0 spiro atoms. The van der Waals surface area contributed by atoms with Crippen LogP contribution in [0.5, 0.6) is 5.75 Å². The molecule has 6 heteroatoms. The standard InChI is InChI=1S/C22H25ClN2O3/c23-19-11-5-3-9-17(19)15-24-22(27)18-10-4-6-12-20(18)28-16-21(26)25-13-7-1-2-8-14-25/h3-6,9-12H,1-2,7-8,13-16H2,(H,24,27). The van der Waals surface area contributed by atoms with Crippen molar-refractivity contribution in [1.82, 2.24) is 10.2 Å². The number of para-hydroxylation sites is 1. The maximum absolute atomic E-state index is 12.6. The van der Waals surface area contributed by atoms with E-state index in [2.05, 4.69) is 5.32 Å². The molecule has 1 fully saturated rings. The van der Waals surface area contributed by atoms with Gasteiger partial charge in [0.25, 0.3) is 11.8 Å². The average Bonchev–Trinajstić information content (AvgIpc) is 3.01. The molecule has 3 rings (SSSR count). The number of amides is 2. The van der Waals surface area contributed by atoms with E-state index in [9.17, 15) is 9.59 Å². The Bertz CT molecular complexity index is 817. The summed E-state index contributed by atoms with van der Waals surface area (Å²) in [6.45, 7) is 1.82. The molecule has 28 heavy (non-hydrogen) atoms. The summed E-state index contributed by atoms with van der Waals surface area (Å²) in [7, 11) is 0. The minimum atomic E-state index is -0.266. The second-order valence-electron chi connectivity index (χ2n) is 6.85. The Morgan fingerprint density at radius 3 is 2.39 bits per heavy atom. The number of likely N-dealkylation sites (tertiary alicyclic amines) is 1. The van der Waals surface area contributed by atoms with Crippen LogP contribution in [0.25, 0.3) is 0 Å². The quantitative estimate of drug-likeness (QED) is 0.795. The fourth-order valence-electron chi connectivity index (χ4n) is 3.24. The van der Waals surface area contributed by atoms with Crippen molar-refractivity contribution in [2.75, 3.05) is 19.7 Å². The first-order valence-electron chi connectivity index (χ1n) is 9.66. The van der Waals surface area contributed by atoms with Gasteiger partial charge >= 0.3 is 0 Å². The lowest BCUT2D eigenvalue weighted by Crippen LogP contribution is -2.35. The highest BCUT2D eigenvalue weighted by Gasteiger charge is 2.18. The lowest BCUT2D eigenvalue weighted by Gasteiger charge is -2.20. The van der Waals surface area contributed by atoms with Gasteiger partial charge in [-0.3, -0.25) is 9.59 Å². The molecular weight excluding hydrogens is 376 g/mol. The first-order chi connectivity index (χ1) is 13.6. The van der Waals surface area contributed by atoms with Gasteiger partial charge < -0.3 is 15.0 Å². The third kappa shape index (κ3) is 5.49. The minimum absolute atomic E-state index is 0.0341. The van der Waals surface area contributed by atoms with E-state index in [1.165, 1.54) is 12.8 Å². The van der Waals surface area contributed by atoms with Crippen LogP contribution in [0.4, 0.5) is 0 Å². The maximum atomic E-state index is 12.6. The summed E-state index contributed by atoms with van der Waals surface area (Å²) in [5, 5.41) is 3.46. The maximum Gasteiger partial charge on any atom is 0.260 e. The first kappa shape index (κ1) is 20.2. The number of halogens is 1. The minimum Gasteiger partial charge on any atom is -0.483 e. The molecule has 1 heterocycles. The van der Waals surface area contributed by atoms with Gasteiger partial charge in [0.2, 0.25) is 0 Å². The van der Waals surface area contributed by atoms with Gasteiger partial charge in [-0.2, -0.15) is 0 Å². The smallest absolute Gasteiger partial charge is 0.260 e. The van der Waals surface area contributed by atoms with Gasteiger partial charge in [-0.25, -0.2) is 0 Å². The molecule has 0 aromatic heterocycles. The van der Waals surface area contributed by atoms with E-state index in [-0.39, 0.29) is 18.4 Å². The van der Waals surface area contributed by atoms with Crippen LogP contribution in [0.15, 0.2) is 48.5 Å². The molecule has 0 atom stereocenters. The zero-order valence-electron chi connectivity index (χ0n) is 15.8. The number of carbonyl (C=O) groups excluding carboxylic acids is 2. The van der Waals surface area contributed by atoms with Gasteiger partial charge in [0.05, 0.1) is 5.56 Å². The Hall–Kier alpha value is -2.53. The molecule has 0 unspecified atom stereocenters. The van der Waals surface area contributed by atoms with Crippen LogP contribution in [0.2, 0.25) is 5.02 Å². The van der Waals surface area contributed by atoms with Crippen molar-refractivity contribution in [3.63, 3.8) is 0 Å².